The van der Waals surface area contributed by atoms with E-state index in [1.54, 1.807) is 6.07 Å². The van der Waals surface area contributed by atoms with E-state index < -0.39 is 0 Å². The number of aromatic nitrogens is 2. The van der Waals surface area contributed by atoms with Crippen molar-refractivity contribution in [3.8, 4) is 0 Å². The van der Waals surface area contributed by atoms with Crippen LogP contribution < -0.4 is 10.9 Å². The van der Waals surface area contributed by atoms with Crippen LogP contribution >= 0.6 is 11.8 Å². The topological polar surface area (TPSA) is 57.8 Å². The van der Waals surface area contributed by atoms with Gasteiger partial charge in [0, 0.05) is 30.0 Å². The third-order valence-electron chi connectivity index (χ3n) is 3.02. The fourth-order valence-corrected chi connectivity index (χ4v) is 2.93. The molecule has 5 heteroatoms. The number of H-pyrrole nitrogens is 1. The lowest BCUT2D eigenvalue weighted by Crippen LogP contribution is -2.32. The van der Waals surface area contributed by atoms with E-state index in [-0.39, 0.29) is 11.6 Å². The average Bonchev–Trinajstić information content (AvgIpc) is 3.13. The van der Waals surface area contributed by atoms with E-state index in [1.807, 2.05) is 11.8 Å². The molecule has 86 valence electrons. The molecule has 3 rings (SSSR count). The third-order valence-corrected chi connectivity index (χ3v) is 4.08. The summed E-state index contributed by atoms with van der Waals surface area (Å²) in [6, 6.07) is 1.88. The smallest absolute Gasteiger partial charge is 0.251 e. The van der Waals surface area contributed by atoms with E-state index in [0.29, 0.717) is 5.92 Å². The molecule has 16 heavy (non-hydrogen) atoms. The zero-order valence-electron chi connectivity index (χ0n) is 9.03. The van der Waals surface area contributed by atoms with Crippen molar-refractivity contribution in [2.75, 3.05) is 18.1 Å². The number of hydrogen-bond acceptors (Lipinski definition) is 4. The summed E-state index contributed by atoms with van der Waals surface area (Å²) in [4.78, 5) is 19.0. The Morgan fingerprint density at radius 3 is 3.00 bits per heavy atom. The van der Waals surface area contributed by atoms with Gasteiger partial charge in [0.1, 0.15) is 5.82 Å². The Kier molecular flexibility index (Phi) is 2.73. The van der Waals surface area contributed by atoms with Crippen LogP contribution in [0.2, 0.25) is 0 Å². The molecular formula is C11H15N3OS. The lowest BCUT2D eigenvalue weighted by atomic mass is 10.2. The van der Waals surface area contributed by atoms with Crippen LogP contribution in [0, 0.1) is 0 Å². The molecule has 1 aliphatic carbocycles. The molecule has 0 spiro atoms. The molecule has 1 saturated carbocycles. The van der Waals surface area contributed by atoms with Gasteiger partial charge in [-0.2, -0.15) is 11.8 Å². The van der Waals surface area contributed by atoms with Gasteiger partial charge in [0.05, 0.1) is 11.7 Å². The molecule has 0 aromatic carbocycles. The quantitative estimate of drug-likeness (QED) is 0.806. The van der Waals surface area contributed by atoms with Gasteiger partial charge in [-0.3, -0.25) is 4.79 Å². The SMILES string of the molecule is O=c1cc(C2CSCCN2)nc(C2CC2)[nH]1. The first-order valence-electron chi connectivity index (χ1n) is 5.75. The summed E-state index contributed by atoms with van der Waals surface area (Å²) in [7, 11) is 0. The van der Waals surface area contributed by atoms with Crippen LogP contribution in [0.1, 0.15) is 36.3 Å². The molecule has 4 nitrogen and oxygen atoms in total. The van der Waals surface area contributed by atoms with Crippen molar-refractivity contribution in [3.63, 3.8) is 0 Å². The van der Waals surface area contributed by atoms with E-state index in [0.717, 1.165) is 29.6 Å². The first kappa shape index (κ1) is 10.4. The predicted octanol–water partition coefficient (Wildman–Crippen LogP) is 1.02. The van der Waals surface area contributed by atoms with Gasteiger partial charge in [0.2, 0.25) is 0 Å². The highest BCUT2D eigenvalue weighted by atomic mass is 32.2. The zero-order chi connectivity index (χ0) is 11.0. The monoisotopic (exact) mass is 237 g/mol. The minimum atomic E-state index is -0.00993. The summed E-state index contributed by atoms with van der Waals surface area (Å²) in [5.74, 6) is 3.55. The van der Waals surface area contributed by atoms with Gasteiger partial charge < -0.3 is 10.3 Å². The molecule has 2 fully saturated rings. The van der Waals surface area contributed by atoms with Crippen LogP contribution in [0.4, 0.5) is 0 Å². The Morgan fingerprint density at radius 2 is 2.31 bits per heavy atom. The lowest BCUT2D eigenvalue weighted by Gasteiger charge is -2.22. The molecule has 1 unspecified atom stereocenters. The fourth-order valence-electron chi connectivity index (χ4n) is 1.98. The highest BCUT2D eigenvalue weighted by Crippen LogP contribution is 2.37. The number of thioether (sulfide) groups is 1. The lowest BCUT2D eigenvalue weighted by molar-refractivity contribution is 0.574. The van der Waals surface area contributed by atoms with Crippen molar-refractivity contribution < 1.29 is 0 Å². The summed E-state index contributed by atoms with van der Waals surface area (Å²) in [5.41, 5.74) is 0.905. The Balaban J connectivity index is 1.89. The summed E-state index contributed by atoms with van der Waals surface area (Å²) in [6.07, 6.45) is 2.33. The first-order valence-corrected chi connectivity index (χ1v) is 6.91. The van der Waals surface area contributed by atoms with E-state index in [9.17, 15) is 4.79 Å². The highest BCUT2D eigenvalue weighted by molar-refractivity contribution is 7.99. The van der Waals surface area contributed by atoms with E-state index >= 15 is 0 Å². The largest absolute Gasteiger partial charge is 0.310 e. The molecule has 2 heterocycles. The van der Waals surface area contributed by atoms with E-state index in [4.69, 9.17) is 0 Å². The van der Waals surface area contributed by atoms with Crippen LogP contribution in [0.25, 0.3) is 0 Å². The minimum absolute atomic E-state index is 0.00993. The van der Waals surface area contributed by atoms with Crippen LogP contribution in [-0.4, -0.2) is 28.0 Å². The van der Waals surface area contributed by atoms with E-state index in [2.05, 4.69) is 15.3 Å². The maximum atomic E-state index is 11.6. The molecule has 0 radical (unpaired) electrons. The second kappa shape index (κ2) is 4.22. The van der Waals surface area contributed by atoms with Crippen molar-refractivity contribution in [1.29, 1.82) is 0 Å². The Labute approximate surface area is 98.2 Å². The normalized spacial score (nSPS) is 25.6. The van der Waals surface area contributed by atoms with E-state index in [1.165, 1.54) is 12.8 Å². The Hall–Kier alpha value is -0.810. The maximum absolute atomic E-state index is 11.6. The minimum Gasteiger partial charge on any atom is -0.310 e. The van der Waals surface area contributed by atoms with Gasteiger partial charge >= 0.3 is 0 Å². The predicted molar refractivity (Wildman–Crippen MR) is 64.9 cm³/mol. The second-order valence-corrected chi connectivity index (χ2v) is 5.56. The molecule has 2 aliphatic rings. The number of rotatable bonds is 2. The van der Waals surface area contributed by atoms with Crippen molar-refractivity contribution in [3.05, 3.63) is 27.9 Å². The molecule has 1 aromatic heterocycles. The third kappa shape index (κ3) is 2.15. The molecule has 1 aliphatic heterocycles. The van der Waals surface area contributed by atoms with Gasteiger partial charge in [-0.1, -0.05) is 0 Å². The molecule has 1 atom stereocenters. The van der Waals surface area contributed by atoms with Gasteiger partial charge in [-0.05, 0) is 12.8 Å². The standard InChI is InChI=1S/C11H15N3OS/c15-10-5-8(9-6-16-4-3-12-9)13-11(14-10)7-1-2-7/h5,7,9,12H,1-4,6H2,(H,13,14,15). The van der Waals surface area contributed by atoms with Crippen molar-refractivity contribution in [2.24, 2.45) is 0 Å². The van der Waals surface area contributed by atoms with Crippen LogP contribution in [0.15, 0.2) is 10.9 Å². The molecule has 0 bridgehead atoms. The summed E-state index contributed by atoms with van der Waals surface area (Å²) in [6.45, 7) is 1.00. The number of nitrogens with zero attached hydrogens (tertiary/aromatic N) is 1. The molecule has 0 amide bonds. The molecule has 1 aromatic rings. The number of aromatic amines is 1. The van der Waals surface area contributed by atoms with Crippen LogP contribution in [0.3, 0.4) is 0 Å². The zero-order valence-corrected chi connectivity index (χ0v) is 9.85. The van der Waals surface area contributed by atoms with Crippen molar-refractivity contribution >= 4 is 11.8 Å². The average molecular weight is 237 g/mol. The van der Waals surface area contributed by atoms with Gasteiger partial charge in [-0.25, -0.2) is 4.98 Å². The van der Waals surface area contributed by atoms with Gasteiger partial charge in [0.15, 0.2) is 0 Å². The highest BCUT2D eigenvalue weighted by Gasteiger charge is 2.27. The molecule has 1 saturated heterocycles. The Morgan fingerprint density at radius 1 is 1.44 bits per heavy atom. The summed E-state index contributed by atoms with van der Waals surface area (Å²) < 4.78 is 0. The first-order chi connectivity index (χ1) is 7.83. The fraction of sp³-hybridized carbons (Fsp3) is 0.636. The molecular weight excluding hydrogens is 222 g/mol. The maximum Gasteiger partial charge on any atom is 0.251 e. The van der Waals surface area contributed by atoms with Crippen molar-refractivity contribution in [1.82, 2.24) is 15.3 Å². The van der Waals surface area contributed by atoms with Crippen molar-refractivity contribution in [2.45, 2.75) is 24.8 Å². The summed E-state index contributed by atoms with van der Waals surface area (Å²) >= 11 is 1.92. The summed E-state index contributed by atoms with van der Waals surface area (Å²) in [5, 5.41) is 3.41. The van der Waals surface area contributed by atoms with Crippen LogP contribution in [-0.2, 0) is 0 Å². The number of hydrogen-bond donors (Lipinski definition) is 2. The second-order valence-electron chi connectivity index (χ2n) is 4.41. The van der Waals surface area contributed by atoms with Crippen LogP contribution in [0.5, 0.6) is 0 Å². The van der Waals surface area contributed by atoms with Gasteiger partial charge in [0.25, 0.3) is 5.56 Å². The van der Waals surface area contributed by atoms with Gasteiger partial charge in [-0.15, -0.1) is 0 Å². The number of nitrogens with one attached hydrogen (secondary N) is 2. The molecule has 2 N–H and O–H groups in total. The Bertz CT molecular complexity index is 435.